The van der Waals surface area contributed by atoms with Gasteiger partial charge in [0.25, 0.3) is 0 Å². The number of aromatic nitrogens is 2. The third-order valence-electron chi connectivity index (χ3n) is 2.34. The van der Waals surface area contributed by atoms with Gasteiger partial charge in [-0.1, -0.05) is 6.42 Å². The quantitative estimate of drug-likeness (QED) is 0.646. The van der Waals surface area contributed by atoms with Crippen molar-refractivity contribution in [3.05, 3.63) is 12.0 Å². The second kappa shape index (κ2) is 2.62. The van der Waals surface area contributed by atoms with Gasteiger partial charge in [0.05, 0.1) is 11.9 Å². The lowest BCUT2D eigenvalue weighted by Crippen LogP contribution is -2.14. The number of nitrogens with zero attached hydrogens (tertiary/aromatic N) is 2. The summed E-state index contributed by atoms with van der Waals surface area (Å²) in [5.74, 6) is 1.78. The van der Waals surface area contributed by atoms with Crippen molar-refractivity contribution in [3.63, 3.8) is 0 Å². The average molecular weight is 164 g/mol. The summed E-state index contributed by atoms with van der Waals surface area (Å²) < 4.78 is 0. The fraction of sp³-hybridized carbons (Fsp3) is 0.500. The van der Waals surface area contributed by atoms with E-state index in [1.54, 1.807) is 6.20 Å². The minimum atomic E-state index is 0.409. The number of nitrogens with two attached hydrogens (primary N) is 2. The SMILES string of the molecule is Nc1cnc(C2CCC2)nc1N. The van der Waals surface area contributed by atoms with Crippen molar-refractivity contribution in [2.24, 2.45) is 0 Å². The zero-order valence-corrected chi connectivity index (χ0v) is 6.83. The summed E-state index contributed by atoms with van der Waals surface area (Å²) in [6.45, 7) is 0. The Morgan fingerprint density at radius 1 is 1.33 bits per heavy atom. The molecule has 0 radical (unpaired) electrons. The van der Waals surface area contributed by atoms with Crippen molar-refractivity contribution < 1.29 is 0 Å². The summed E-state index contributed by atoms with van der Waals surface area (Å²) in [7, 11) is 0. The van der Waals surface area contributed by atoms with Gasteiger partial charge in [-0.2, -0.15) is 0 Å². The fourth-order valence-electron chi connectivity index (χ4n) is 1.28. The molecular formula is C8H12N4. The maximum absolute atomic E-state index is 5.56. The molecule has 0 bridgehead atoms. The lowest BCUT2D eigenvalue weighted by atomic mass is 9.85. The second-order valence-corrected chi connectivity index (χ2v) is 3.20. The molecule has 12 heavy (non-hydrogen) atoms. The summed E-state index contributed by atoms with van der Waals surface area (Å²) in [6.07, 6.45) is 5.24. The summed E-state index contributed by atoms with van der Waals surface area (Å²) in [6, 6.07) is 0. The van der Waals surface area contributed by atoms with Crippen LogP contribution in [-0.2, 0) is 0 Å². The van der Waals surface area contributed by atoms with Gasteiger partial charge in [0.1, 0.15) is 11.6 Å². The second-order valence-electron chi connectivity index (χ2n) is 3.20. The molecule has 0 amide bonds. The van der Waals surface area contributed by atoms with Crippen LogP contribution in [0.25, 0.3) is 0 Å². The third kappa shape index (κ3) is 1.09. The molecule has 64 valence electrons. The standard InChI is InChI=1S/C8H12N4/c9-6-4-11-8(12-7(6)10)5-2-1-3-5/h4-5H,1-3,9H2,(H2,10,11,12). The van der Waals surface area contributed by atoms with E-state index in [-0.39, 0.29) is 0 Å². The molecule has 0 spiro atoms. The highest BCUT2D eigenvalue weighted by molar-refractivity contribution is 5.56. The number of nitrogen functional groups attached to an aromatic ring is 2. The number of anilines is 2. The predicted molar refractivity (Wildman–Crippen MR) is 47.4 cm³/mol. The molecule has 1 aliphatic carbocycles. The van der Waals surface area contributed by atoms with Crippen LogP contribution in [0.3, 0.4) is 0 Å². The zero-order valence-electron chi connectivity index (χ0n) is 6.83. The van der Waals surface area contributed by atoms with Gasteiger partial charge in [0.15, 0.2) is 0 Å². The van der Waals surface area contributed by atoms with Crippen molar-refractivity contribution in [1.29, 1.82) is 0 Å². The third-order valence-corrected chi connectivity index (χ3v) is 2.34. The van der Waals surface area contributed by atoms with E-state index in [9.17, 15) is 0 Å². The summed E-state index contributed by atoms with van der Waals surface area (Å²) in [5.41, 5.74) is 11.5. The summed E-state index contributed by atoms with van der Waals surface area (Å²) in [4.78, 5) is 8.28. The molecule has 1 saturated carbocycles. The molecule has 2 rings (SSSR count). The molecule has 4 nitrogen and oxygen atoms in total. The first-order valence-corrected chi connectivity index (χ1v) is 4.15. The first kappa shape index (κ1) is 7.34. The van der Waals surface area contributed by atoms with E-state index in [1.807, 2.05) is 0 Å². The minimum Gasteiger partial charge on any atom is -0.394 e. The topological polar surface area (TPSA) is 77.8 Å². The molecule has 4 heteroatoms. The van der Waals surface area contributed by atoms with Gasteiger partial charge >= 0.3 is 0 Å². The highest BCUT2D eigenvalue weighted by Crippen LogP contribution is 2.34. The maximum Gasteiger partial charge on any atom is 0.150 e. The zero-order chi connectivity index (χ0) is 8.55. The monoisotopic (exact) mass is 164 g/mol. The van der Waals surface area contributed by atoms with Gasteiger partial charge in [-0.15, -0.1) is 0 Å². The van der Waals surface area contributed by atoms with Crippen molar-refractivity contribution in [2.45, 2.75) is 25.2 Å². The highest BCUT2D eigenvalue weighted by atomic mass is 15.0. The van der Waals surface area contributed by atoms with E-state index < -0.39 is 0 Å². The van der Waals surface area contributed by atoms with Crippen LogP contribution in [0, 0.1) is 0 Å². The molecule has 0 atom stereocenters. The van der Waals surface area contributed by atoms with Gasteiger partial charge in [0, 0.05) is 5.92 Å². The smallest absolute Gasteiger partial charge is 0.150 e. The summed E-state index contributed by atoms with van der Waals surface area (Å²) >= 11 is 0. The molecule has 1 fully saturated rings. The predicted octanol–water partition coefficient (Wildman–Crippen LogP) is 0.909. The van der Waals surface area contributed by atoms with E-state index in [2.05, 4.69) is 9.97 Å². The van der Waals surface area contributed by atoms with Crippen LogP contribution in [0.2, 0.25) is 0 Å². The number of rotatable bonds is 1. The molecule has 1 aromatic rings. The van der Waals surface area contributed by atoms with E-state index in [4.69, 9.17) is 11.5 Å². The van der Waals surface area contributed by atoms with Crippen molar-refractivity contribution in [2.75, 3.05) is 11.5 Å². The molecule has 0 unspecified atom stereocenters. The van der Waals surface area contributed by atoms with Crippen LogP contribution in [-0.4, -0.2) is 9.97 Å². The van der Waals surface area contributed by atoms with Crippen molar-refractivity contribution >= 4 is 11.5 Å². The van der Waals surface area contributed by atoms with Crippen LogP contribution in [0.15, 0.2) is 6.20 Å². The molecule has 1 aliphatic rings. The molecule has 1 heterocycles. The fourth-order valence-corrected chi connectivity index (χ4v) is 1.28. The van der Waals surface area contributed by atoms with Gasteiger partial charge in [-0.25, -0.2) is 9.97 Å². The molecule has 4 N–H and O–H groups in total. The first-order valence-electron chi connectivity index (χ1n) is 4.15. The number of hydrogen-bond acceptors (Lipinski definition) is 4. The molecule has 1 aromatic heterocycles. The van der Waals surface area contributed by atoms with Crippen LogP contribution >= 0.6 is 0 Å². The Hall–Kier alpha value is -1.32. The van der Waals surface area contributed by atoms with Gasteiger partial charge < -0.3 is 11.5 Å². The number of hydrogen-bond donors (Lipinski definition) is 2. The Morgan fingerprint density at radius 3 is 2.58 bits per heavy atom. The Balaban J connectivity index is 2.27. The molecular weight excluding hydrogens is 152 g/mol. The molecule has 0 aromatic carbocycles. The normalized spacial score (nSPS) is 17.3. The van der Waals surface area contributed by atoms with Crippen LogP contribution < -0.4 is 11.5 Å². The van der Waals surface area contributed by atoms with E-state index in [0.717, 1.165) is 5.82 Å². The highest BCUT2D eigenvalue weighted by Gasteiger charge is 2.22. The van der Waals surface area contributed by atoms with E-state index in [1.165, 1.54) is 19.3 Å². The molecule has 0 aliphatic heterocycles. The van der Waals surface area contributed by atoms with Crippen LogP contribution in [0.5, 0.6) is 0 Å². The largest absolute Gasteiger partial charge is 0.394 e. The first-order chi connectivity index (χ1) is 5.77. The lowest BCUT2D eigenvalue weighted by Gasteiger charge is -2.23. The van der Waals surface area contributed by atoms with Gasteiger partial charge in [-0.3, -0.25) is 0 Å². The van der Waals surface area contributed by atoms with Gasteiger partial charge in [-0.05, 0) is 12.8 Å². The Kier molecular flexibility index (Phi) is 1.60. The van der Waals surface area contributed by atoms with Crippen LogP contribution in [0.4, 0.5) is 11.5 Å². The molecule has 0 saturated heterocycles. The van der Waals surface area contributed by atoms with Crippen LogP contribution in [0.1, 0.15) is 31.0 Å². The maximum atomic E-state index is 5.56. The average Bonchev–Trinajstić information content (AvgIpc) is 1.93. The Bertz CT molecular complexity index is 293. The lowest BCUT2D eigenvalue weighted by molar-refractivity contribution is 0.402. The van der Waals surface area contributed by atoms with E-state index in [0.29, 0.717) is 17.4 Å². The van der Waals surface area contributed by atoms with Crippen molar-refractivity contribution in [1.82, 2.24) is 9.97 Å². The Morgan fingerprint density at radius 2 is 2.08 bits per heavy atom. The minimum absolute atomic E-state index is 0.409. The van der Waals surface area contributed by atoms with Gasteiger partial charge in [0.2, 0.25) is 0 Å². The summed E-state index contributed by atoms with van der Waals surface area (Å²) in [5, 5.41) is 0. The Labute approximate surface area is 71.0 Å². The van der Waals surface area contributed by atoms with E-state index >= 15 is 0 Å². The van der Waals surface area contributed by atoms with Crippen molar-refractivity contribution in [3.8, 4) is 0 Å².